The van der Waals surface area contributed by atoms with Gasteiger partial charge in [-0.3, -0.25) is 4.79 Å². The summed E-state index contributed by atoms with van der Waals surface area (Å²) in [5.74, 6) is 0.765. The molecule has 1 aliphatic heterocycles. The second-order valence-corrected chi connectivity index (χ2v) is 7.48. The number of anilines is 1. The Morgan fingerprint density at radius 1 is 1.10 bits per heavy atom. The van der Waals surface area contributed by atoms with Crippen molar-refractivity contribution < 1.29 is 9.53 Å². The maximum Gasteiger partial charge on any atom is 0.276 e. The fourth-order valence-electron chi connectivity index (χ4n) is 3.35. The largest absolute Gasteiger partial charge is 0.497 e. The molecule has 1 saturated heterocycles. The van der Waals surface area contributed by atoms with E-state index < -0.39 is 0 Å². The minimum Gasteiger partial charge on any atom is -0.497 e. The van der Waals surface area contributed by atoms with Crippen LogP contribution in [0.3, 0.4) is 0 Å². The van der Waals surface area contributed by atoms with Crippen molar-refractivity contribution in [2.45, 2.75) is 20.4 Å². The van der Waals surface area contributed by atoms with Crippen LogP contribution in [0.25, 0.3) is 0 Å². The number of hydrogen-bond acceptors (Lipinski definition) is 8. The highest BCUT2D eigenvalue weighted by Crippen LogP contribution is 2.21. The molecule has 1 aromatic carbocycles. The molecule has 1 fully saturated rings. The van der Waals surface area contributed by atoms with Gasteiger partial charge in [-0.05, 0) is 38.1 Å². The number of rotatable bonds is 5. The molecule has 3 aromatic rings. The van der Waals surface area contributed by atoms with E-state index in [-0.39, 0.29) is 5.91 Å². The Morgan fingerprint density at radius 3 is 2.45 bits per heavy atom. The van der Waals surface area contributed by atoms with Crippen molar-refractivity contribution in [1.82, 2.24) is 28.6 Å². The molecule has 4 rings (SSSR count). The molecule has 0 N–H and O–H groups in total. The quantitative estimate of drug-likeness (QED) is 0.630. The average Bonchev–Trinajstić information content (AvgIpc) is 3.33. The topological polar surface area (TPSA) is 89.3 Å². The summed E-state index contributed by atoms with van der Waals surface area (Å²) in [4.78, 5) is 17.1. The molecule has 29 heavy (non-hydrogen) atoms. The first-order valence-corrected chi connectivity index (χ1v) is 10.2. The van der Waals surface area contributed by atoms with Gasteiger partial charge in [-0.25, -0.2) is 4.68 Å². The predicted molar refractivity (Wildman–Crippen MR) is 110 cm³/mol. The van der Waals surface area contributed by atoms with E-state index in [1.54, 1.807) is 11.8 Å². The number of benzene rings is 1. The van der Waals surface area contributed by atoms with Gasteiger partial charge in [0.2, 0.25) is 0 Å². The van der Waals surface area contributed by atoms with Gasteiger partial charge in [-0.2, -0.15) is 8.75 Å². The number of piperazine rings is 1. The Morgan fingerprint density at radius 2 is 1.83 bits per heavy atom. The number of carbonyl (C=O) groups is 1. The molecule has 1 aliphatic rings. The molecule has 0 radical (unpaired) electrons. The minimum absolute atomic E-state index is 0.0729. The lowest BCUT2D eigenvalue weighted by atomic mass is 10.2. The van der Waals surface area contributed by atoms with Crippen molar-refractivity contribution in [2.24, 2.45) is 0 Å². The van der Waals surface area contributed by atoms with E-state index in [0.29, 0.717) is 25.3 Å². The predicted octanol–water partition coefficient (Wildman–Crippen LogP) is 1.77. The summed E-state index contributed by atoms with van der Waals surface area (Å²) in [5, 5.41) is 8.31. The second-order valence-electron chi connectivity index (χ2n) is 6.95. The van der Waals surface area contributed by atoms with Gasteiger partial charge in [-0.15, -0.1) is 5.10 Å². The van der Waals surface area contributed by atoms with Crippen LogP contribution < -0.4 is 9.64 Å². The van der Waals surface area contributed by atoms with Crippen LogP contribution in [0.1, 0.15) is 27.6 Å². The molecule has 9 nitrogen and oxygen atoms in total. The van der Waals surface area contributed by atoms with Crippen LogP contribution in [0.2, 0.25) is 0 Å². The number of ether oxygens (including phenoxy) is 1. The van der Waals surface area contributed by atoms with E-state index in [4.69, 9.17) is 4.74 Å². The lowest BCUT2D eigenvalue weighted by Gasteiger charge is -2.35. The van der Waals surface area contributed by atoms with Gasteiger partial charge in [0, 0.05) is 31.9 Å². The van der Waals surface area contributed by atoms with Crippen LogP contribution in [0, 0.1) is 13.8 Å². The van der Waals surface area contributed by atoms with E-state index >= 15 is 0 Å². The molecule has 1 amide bonds. The highest BCUT2D eigenvalue weighted by molar-refractivity contribution is 6.99. The molecule has 0 bridgehead atoms. The molecular formula is C19H23N7O2S. The summed E-state index contributed by atoms with van der Waals surface area (Å²) in [7, 11) is 1.66. The summed E-state index contributed by atoms with van der Waals surface area (Å²) in [6.45, 7) is 7.09. The Labute approximate surface area is 173 Å². The smallest absolute Gasteiger partial charge is 0.276 e. The van der Waals surface area contributed by atoms with Crippen LogP contribution in [0.15, 0.2) is 24.3 Å². The number of aromatic nitrogens is 5. The van der Waals surface area contributed by atoms with Gasteiger partial charge in [-0.1, -0.05) is 5.21 Å². The lowest BCUT2D eigenvalue weighted by molar-refractivity contribution is 0.0740. The third-order valence-corrected chi connectivity index (χ3v) is 5.89. The summed E-state index contributed by atoms with van der Waals surface area (Å²) < 4.78 is 15.4. The second kappa shape index (κ2) is 8.16. The fourth-order valence-corrected chi connectivity index (χ4v) is 3.91. The lowest BCUT2D eigenvalue weighted by Crippen LogP contribution is -2.49. The third kappa shape index (κ3) is 3.93. The standard InChI is InChI=1S/C19H23N7O2S/c1-13-17(22-29-21-13)12-26-14(2)18(20-23-26)19(27)25-10-8-24(9-11-25)15-4-6-16(28-3)7-5-15/h4-7H,8-12H2,1-3H3. The van der Waals surface area contributed by atoms with Gasteiger partial charge in [0.15, 0.2) is 5.69 Å². The van der Waals surface area contributed by atoms with E-state index in [1.807, 2.05) is 43.0 Å². The highest BCUT2D eigenvalue weighted by Gasteiger charge is 2.26. The number of nitrogens with zero attached hydrogens (tertiary/aromatic N) is 7. The Balaban J connectivity index is 1.40. The first-order valence-electron chi connectivity index (χ1n) is 9.43. The number of carbonyl (C=O) groups excluding carboxylic acids is 1. The molecule has 0 atom stereocenters. The Kier molecular flexibility index (Phi) is 5.43. The zero-order chi connectivity index (χ0) is 20.4. The zero-order valence-corrected chi connectivity index (χ0v) is 17.5. The molecule has 10 heteroatoms. The summed E-state index contributed by atoms with van der Waals surface area (Å²) in [6, 6.07) is 7.99. The van der Waals surface area contributed by atoms with Crippen molar-refractivity contribution in [3.05, 3.63) is 47.0 Å². The van der Waals surface area contributed by atoms with Crippen molar-refractivity contribution in [1.29, 1.82) is 0 Å². The first-order chi connectivity index (χ1) is 14.1. The number of hydrogen-bond donors (Lipinski definition) is 0. The third-order valence-electron chi connectivity index (χ3n) is 5.24. The molecule has 152 valence electrons. The highest BCUT2D eigenvalue weighted by atomic mass is 32.1. The van der Waals surface area contributed by atoms with Crippen molar-refractivity contribution >= 4 is 23.3 Å². The molecule has 0 unspecified atom stereocenters. The van der Waals surface area contributed by atoms with Crippen LogP contribution in [-0.4, -0.2) is 67.8 Å². The molecule has 0 aliphatic carbocycles. The summed E-state index contributed by atoms with van der Waals surface area (Å²) >= 11 is 1.18. The average molecular weight is 414 g/mol. The van der Waals surface area contributed by atoms with Gasteiger partial charge >= 0.3 is 0 Å². The molecule has 3 heterocycles. The van der Waals surface area contributed by atoms with Crippen LogP contribution in [-0.2, 0) is 6.54 Å². The van der Waals surface area contributed by atoms with Gasteiger partial charge in [0.1, 0.15) is 5.75 Å². The van der Waals surface area contributed by atoms with E-state index in [9.17, 15) is 4.79 Å². The Hall–Kier alpha value is -3.01. The fraction of sp³-hybridized carbons (Fsp3) is 0.421. The zero-order valence-electron chi connectivity index (χ0n) is 16.7. The summed E-state index contributed by atoms with van der Waals surface area (Å²) in [5.41, 5.74) is 4.03. The number of amides is 1. The molecule has 2 aromatic heterocycles. The minimum atomic E-state index is -0.0729. The first kappa shape index (κ1) is 19.3. The van der Waals surface area contributed by atoms with Crippen molar-refractivity contribution in [3.8, 4) is 5.75 Å². The van der Waals surface area contributed by atoms with Crippen molar-refractivity contribution in [2.75, 3.05) is 38.2 Å². The van der Waals surface area contributed by atoms with Crippen LogP contribution in [0.5, 0.6) is 5.75 Å². The van der Waals surface area contributed by atoms with Crippen LogP contribution in [0.4, 0.5) is 5.69 Å². The number of methoxy groups -OCH3 is 1. The molecule has 0 spiro atoms. The van der Waals surface area contributed by atoms with E-state index in [1.165, 1.54) is 11.7 Å². The van der Waals surface area contributed by atoms with Crippen LogP contribution >= 0.6 is 11.7 Å². The van der Waals surface area contributed by atoms with Gasteiger partial charge in [0.05, 0.1) is 42.5 Å². The Bertz CT molecular complexity index is 990. The normalized spacial score (nSPS) is 14.3. The van der Waals surface area contributed by atoms with E-state index in [2.05, 4.69) is 24.0 Å². The maximum absolute atomic E-state index is 13.0. The monoisotopic (exact) mass is 413 g/mol. The SMILES string of the molecule is COc1ccc(N2CCN(C(=O)c3nnn(Cc4nsnc4C)c3C)CC2)cc1. The van der Waals surface area contributed by atoms with Crippen molar-refractivity contribution in [3.63, 3.8) is 0 Å². The summed E-state index contributed by atoms with van der Waals surface area (Å²) in [6.07, 6.45) is 0. The molecular weight excluding hydrogens is 390 g/mol. The number of aryl methyl sites for hydroxylation is 1. The van der Waals surface area contributed by atoms with E-state index in [0.717, 1.165) is 41.6 Å². The van der Waals surface area contributed by atoms with Gasteiger partial charge in [0.25, 0.3) is 5.91 Å². The maximum atomic E-state index is 13.0. The molecule has 0 saturated carbocycles. The van der Waals surface area contributed by atoms with Gasteiger partial charge < -0.3 is 14.5 Å².